The van der Waals surface area contributed by atoms with Crippen LogP contribution in [0.5, 0.6) is 5.88 Å². The molecule has 1 fully saturated rings. The monoisotopic (exact) mass is 258 g/mol. The Hall–Kier alpha value is -1.81. The summed E-state index contributed by atoms with van der Waals surface area (Å²) in [6.07, 6.45) is 2.18. The van der Waals surface area contributed by atoms with Gasteiger partial charge in [0.25, 0.3) is 0 Å². The van der Waals surface area contributed by atoms with Crippen LogP contribution in [-0.4, -0.2) is 21.0 Å². The van der Waals surface area contributed by atoms with Crippen LogP contribution in [0.15, 0.2) is 36.4 Å². The molecule has 1 N–H and O–H groups in total. The van der Waals surface area contributed by atoms with Crippen molar-refractivity contribution in [2.75, 3.05) is 0 Å². The van der Waals surface area contributed by atoms with Gasteiger partial charge in [0.1, 0.15) is 0 Å². The summed E-state index contributed by atoms with van der Waals surface area (Å²) >= 11 is 0. The van der Waals surface area contributed by atoms with E-state index < -0.39 is 0 Å². The van der Waals surface area contributed by atoms with Crippen molar-refractivity contribution in [3.8, 4) is 5.88 Å². The summed E-state index contributed by atoms with van der Waals surface area (Å²) in [4.78, 5) is 0. The maximum absolute atomic E-state index is 9.81. The smallest absolute Gasteiger partial charge is 0.209 e. The van der Waals surface area contributed by atoms with E-state index >= 15 is 0 Å². The molecule has 0 spiro atoms. The third-order valence-corrected chi connectivity index (χ3v) is 3.64. The minimum atomic E-state index is 0.144. The predicted molar refractivity (Wildman–Crippen MR) is 71.9 cm³/mol. The highest BCUT2D eigenvalue weighted by atomic mass is 16.5. The van der Waals surface area contributed by atoms with Crippen LogP contribution in [0.3, 0.4) is 0 Å². The van der Waals surface area contributed by atoms with Crippen molar-refractivity contribution >= 4 is 0 Å². The van der Waals surface area contributed by atoms with E-state index in [1.807, 2.05) is 25.1 Å². The molecule has 1 heterocycles. The fourth-order valence-electron chi connectivity index (χ4n) is 2.45. The Kier molecular flexibility index (Phi) is 3.25. The molecular weight excluding hydrogens is 240 g/mol. The van der Waals surface area contributed by atoms with Crippen molar-refractivity contribution in [3.05, 3.63) is 47.7 Å². The number of hydrogen-bond donors (Lipinski definition) is 1. The number of aromatic nitrogens is 2. The quantitative estimate of drug-likeness (QED) is 0.917. The second-order valence-electron chi connectivity index (χ2n) is 5.07. The summed E-state index contributed by atoms with van der Waals surface area (Å²) in [5.74, 6) is 0.232. The van der Waals surface area contributed by atoms with Gasteiger partial charge in [0.05, 0.1) is 24.4 Å². The van der Waals surface area contributed by atoms with Crippen molar-refractivity contribution in [2.45, 2.75) is 38.5 Å². The lowest BCUT2D eigenvalue weighted by Crippen LogP contribution is -2.36. The molecular formula is C15H18N2O2. The molecule has 100 valence electrons. The number of ether oxygens (including phenoxy) is 1. The van der Waals surface area contributed by atoms with E-state index in [1.165, 1.54) is 5.56 Å². The van der Waals surface area contributed by atoms with E-state index in [0.29, 0.717) is 6.61 Å². The number of rotatable bonds is 4. The third-order valence-electron chi connectivity index (χ3n) is 3.64. The summed E-state index contributed by atoms with van der Waals surface area (Å²) in [5.41, 5.74) is 2.01. The highest BCUT2D eigenvalue weighted by Gasteiger charge is 2.35. The highest BCUT2D eigenvalue weighted by molar-refractivity contribution is 5.16. The van der Waals surface area contributed by atoms with Crippen LogP contribution in [0.25, 0.3) is 0 Å². The van der Waals surface area contributed by atoms with Gasteiger partial charge in [0.15, 0.2) is 0 Å². The molecule has 4 heteroatoms. The first-order valence-corrected chi connectivity index (χ1v) is 6.64. The molecule has 0 bridgehead atoms. The zero-order valence-corrected chi connectivity index (χ0v) is 11.0. The van der Waals surface area contributed by atoms with Crippen LogP contribution in [0.2, 0.25) is 0 Å². The van der Waals surface area contributed by atoms with Gasteiger partial charge in [-0.15, -0.1) is 0 Å². The van der Waals surface area contributed by atoms with Crippen LogP contribution in [0.4, 0.5) is 0 Å². The first kappa shape index (κ1) is 12.2. The van der Waals surface area contributed by atoms with Crippen LogP contribution in [-0.2, 0) is 11.3 Å². The van der Waals surface area contributed by atoms with E-state index in [9.17, 15) is 5.11 Å². The predicted octanol–water partition coefficient (Wildman–Crippen LogP) is 2.82. The van der Waals surface area contributed by atoms with Gasteiger partial charge in [-0.1, -0.05) is 30.3 Å². The summed E-state index contributed by atoms with van der Waals surface area (Å²) in [6, 6.07) is 12.0. The van der Waals surface area contributed by atoms with Crippen molar-refractivity contribution in [1.82, 2.24) is 9.78 Å². The molecule has 0 amide bonds. The largest absolute Gasteiger partial charge is 0.493 e. The molecule has 0 saturated heterocycles. The molecule has 0 aliphatic heterocycles. The molecule has 4 nitrogen and oxygen atoms in total. The van der Waals surface area contributed by atoms with Gasteiger partial charge in [-0.2, -0.15) is 5.10 Å². The maximum atomic E-state index is 9.81. The van der Waals surface area contributed by atoms with Gasteiger partial charge in [0, 0.05) is 6.07 Å². The number of nitrogens with zero attached hydrogens (tertiary/aromatic N) is 2. The Balaban J connectivity index is 1.62. The number of hydrogen-bond acceptors (Lipinski definition) is 3. The maximum Gasteiger partial charge on any atom is 0.209 e. The van der Waals surface area contributed by atoms with E-state index in [4.69, 9.17) is 4.74 Å². The van der Waals surface area contributed by atoms with Gasteiger partial charge in [-0.3, -0.25) is 0 Å². The summed E-state index contributed by atoms with van der Waals surface area (Å²) in [5, 5.41) is 14.1. The molecule has 2 unspecified atom stereocenters. The van der Waals surface area contributed by atoms with Crippen molar-refractivity contribution < 1.29 is 9.84 Å². The molecule has 1 aromatic carbocycles. The van der Waals surface area contributed by atoms with Gasteiger partial charge in [-0.25, -0.2) is 4.68 Å². The third kappa shape index (κ3) is 2.49. The lowest BCUT2D eigenvalue weighted by Gasteiger charge is -2.36. The second-order valence-corrected chi connectivity index (χ2v) is 5.07. The fourth-order valence-corrected chi connectivity index (χ4v) is 2.45. The fraction of sp³-hybridized carbons (Fsp3) is 0.400. The molecule has 1 aromatic heterocycles. The van der Waals surface area contributed by atoms with Crippen molar-refractivity contribution in [3.63, 3.8) is 0 Å². The lowest BCUT2D eigenvalue weighted by molar-refractivity contribution is -0.0549. The Labute approximate surface area is 112 Å². The molecule has 3 rings (SSSR count). The first-order chi connectivity index (χ1) is 9.24. The van der Waals surface area contributed by atoms with Crippen LogP contribution >= 0.6 is 0 Å². The molecule has 1 aliphatic carbocycles. The Morgan fingerprint density at radius 3 is 2.68 bits per heavy atom. The average molecular weight is 258 g/mol. The standard InChI is InChI=1S/C15H18N2O2/c1-11-9-15(18)17(16-11)13-7-8-14(13)19-10-12-5-3-2-4-6-12/h2-6,9,13-14,18H,7-8,10H2,1H3. The summed E-state index contributed by atoms with van der Waals surface area (Å²) < 4.78 is 7.61. The van der Waals surface area contributed by atoms with Crippen LogP contribution < -0.4 is 0 Å². The topological polar surface area (TPSA) is 47.3 Å². The second kappa shape index (κ2) is 5.05. The molecule has 19 heavy (non-hydrogen) atoms. The van der Waals surface area contributed by atoms with E-state index in [2.05, 4.69) is 17.2 Å². The van der Waals surface area contributed by atoms with Crippen molar-refractivity contribution in [2.24, 2.45) is 0 Å². The zero-order chi connectivity index (χ0) is 13.2. The lowest BCUT2D eigenvalue weighted by atomic mass is 9.89. The van der Waals surface area contributed by atoms with E-state index in [0.717, 1.165) is 18.5 Å². The normalized spacial score (nSPS) is 22.2. The van der Waals surface area contributed by atoms with Crippen LogP contribution in [0, 0.1) is 6.92 Å². The summed E-state index contributed by atoms with van der Waals surface area (Å²) in [6.45, 7) is 2.50. The van der Waals surface area contributed by atoms with E-state index in [1.54, 1.807) is 10.7 Å². The summed E-state index contributed by atoms with van der Waals surface area (Å²) in [7, 11) is 0. The molecule has 2 aromatic rings. The minimum Gasteiger partial charge on any atom is -0.493 e. The zero-order valence-electron chi connectivity index (χ0n) is 11.0. The number of benzene rings is 1. The molecule has 1 saturated carbocycles. The first-order valence-electron chi connectivity index (χ1n) is 6.64. The Morgan fingerprint density at radius 2 is 2.11 bits per heavy atom. The Bertz CT molecular complexity index is 551. The molecule has 2 atom stereocenters. The van der Waals surface area contributed by atoms with Gasteiger partial charge in [-0.05, 0) is 25.3 Å². The number of aryl methyl sites for hydroxylation is 1. The molecule has 0 radical (unpaired) electrons. The van der Waals surface area contributed by atoms with E-state index in [-0.39, 0.29) is 18.0 Å². The minimum absolute atomic E-state index is 0.144. The Morgan fingerprint density at radius 1 is 1.32 bits per heavy atom. The van der Waals surface area contributed by atoms with Gasteiger partial charge >= 0.3 is 0 Å². The average Bonchev–Trinajstić information content (AvgIpc) is 2.69. The number of aromatic hydroxyl groups is 1. The highest BCUT2D eigenvalue weighted by Crippen LogP contribution is 2.37. The molecule has 1 aliphatic rings. The SMILES string of the molecule is Cc1cc(O)n(C2CCC2OCc2ccccc2)n1. The van der Waals surface area contributed by atoms with Gasteiger partial charge < -0.3 is 9.84 Å². The van der Waals surface area contributed by atoms with Crippen LogP contribution in [0.1, 0.15) is 30.1 Å². The van der Waals surface area contributed by atoms with Gasteiger partial charge in [0.2, 0.25) is 5.88 Å². The van der Waals surface area contributed by atoms with Crippen molar-refractivity contribution in [1.29, 1.82) is 0 Å².